The summed E-state index contributed by atoms with van der Waals surface area (Å²) in [5.74, 6) is -1.79. The molecular weight excluding hydrogens is 329 g/mol. The molecule has 0 spiro atoms. The molecule has 0 unspecified atom stereocenters. The van der Waals surface area contributed by atoms with Gasteiger partial charge in [0.2, 0.25) is 5.91 Å². The summed E-state index contributed by atoms with van der Waals surface area (Å²) >= 11 is 3.03. The van der Waals surface area contributed by atoms with Gasteiger partial charge in [0.1, 0.15) is 11.9 Å². The zero-order chi connectivity index (χ0) is 15.3. The predicted octanol–water partition coefficient (Wildman–Crippen LogP) is 2.75. The third-order valence-corrected chi connectivity index (χ3v) is 3.33. The first-order chi connectivity index (χ1) is 9.29. The van der Waals surface area contributed by atoms with Gasteiger partial charge in [-0.25, -0.2) is 9.18 Å². The van der Waals surface area contributed by atoms with Gasteiger partial charge < -0.3 is 10.4 Å². The summed E-state index contributed by atoms with van der Waals surface area (Å²) in [6, 6.07) is 3.47. The number of benzene rings is 1. The van der Waals surface area contributed by atoms with E-state index in [-0.39, 0.29) is 12.3 Å². The van der Waals surface area contributed by atoms with Crippen LogP contribution in [0.1, 0.15) is 25.8 Å². The number of rotatable bonds is 6. The van der Waals surface area contributed by atoms with Crippen molar-refractivity contribution in [2.24, 2.45) is 5.92 Å². The highest BCUT2D eigenvalue weighted by Gasteiger charge is 2.21. The summed E-state index contributed by atoms with van der Waals surface area (Å²) in [5.41, 5.74) is 0.497. The van der Waals surface area contributed by atoms with Gasteiger partial charge in [-0.3, -0.25) is 4.79 Å². The molecule has 0 bridgehead atoms. The topological polar surface area (TPSA) is 66.4 Å². The van der Waals surface area contributed by atoms with Crippen LogP contribution in [0.5, 0.6) is 0 Å². The lowest BCUT2D eigenvalue weighted by atomic mass is 10.0. The van der Waals surface area contributed by atoms with E-state index in [9.17, 15) is 14.0 Å². The number of carboxylic acids is 1. The van der Waals surface area contributed by atoms with E-state index in [4.69, 9.17) is 5.11 Å². The quantitative estimate of drug-likeness (QED) is 0.832. The molecular formula is C14H17BrFNO3. The standard InChI is InChI=1S/C14H17BrFNO3/c1-8(2)5-12(14(19)20)17-13(18)7-9-3-4-10(15)11(16)6-9/h3-4,6,8,12H,5,7H2,1-2H3,(H,17,18)(H,19,20)/t12-/m0/s1. The number of amides is 1. The van der Waals surface area contributed by atoms with Crippen LogP contribution in [0, 0.1) is 11.7 Å². The van der Waals surface area contributed by atoms with Crippen LogP contribution in [-0.2, 0) is 16.0 Å². The molecule has 0 aromatic heterocycles. The fourth-order valence-corrected chi connectivity index (χ4v) is 2.02. The Morgan fingerprint density at radius 2 is 2.05 bits per heavy atom. The van der Waals surface area contributed by atoms with Crippen LogP contribution in [0.25, 0.3) is 0 Å². The summed E-state index contributed by atoms with van der Waals surface area (Å²) in [4.78, 5) is 22.8. The van der Waals surface area contributed by atoms with Gasteiger partial charge in [0.15, 0.2) is 0 Å². The van der Waals surface area contributed by atoms with Crippen molar-refractivity contribution in [1.29, 1.82) is 0 Å². The van der Waals surface area contributed by atoms with E-state index < -0.39 is 23.7 Å². The van der Waals surface area contributed by atoms with Gasteiger partial charge in [0, 0.05) is 0 Å². The minimum Gasteiger partial charge on any atom is -0.480 e. The van der Waals surface area contributed by atoms with Gasteiger partial charge in [-0.05, 0) is 46.0 Å². The Kier molecular flexibility index (Phi) is 6.13. The smallest absolute Gasteiger partial charge is 0.326 e. The molecule has 0 fully saturated rings. The molecule has 6 heteroatoms. The Morgan fingerprint density at radius 3 is 2.55 bits per heavy atom. The number of hydrogen-bond donors (Lipinski definition) is 2. The minimum absolute atomic E-state index is 0.0495. The fraction of sp³-hybridized carbons (Fsp3) is 0.429. The Labute approximate surface area is 125 Å². The molecule has 0 heterocycles. The maximum absolute atomic E-state index is 13.3. The molecule has 110 valence electrons. The summed E-state index contributed by atoms with van der Waals surface area (Å²) in [6.07, 6.45) is 0.307. The molecule has 0 saturated heterocycles. The number of carboxylic acid groups (broad SMARTS) is 1. The van der Waals surface area contributed by atoms with Crippen molar-refractivity contribution >= 4 is 27.8 Å². The Balaban J connectivity index is 2.65. The second-order valence-electron chi connectivity index (χ2n) is 5.01. The number of nitrogens with one attached hydrogen (secondary N) is 1. The first kappa shape index (κ1) is 16.6. The highest BCUT2D eigenvalue weighted by atomic mass is 79.9. The van der Waals surface area contributed by atoms with Gasteiger partial charge in [-0.15, -0.1) is 0 Å². The molecule has 1 amide bonds. The van der Waals surface area contributed by atoms with Crippen LogP contribution >= 0.6 is 15.9 Å². The third-order valence-electron chi connectivity index (χ3n) is 2.69. The highest BCUT2D eigenvalue weighted by Crippen LogP contribution is 2.16. The zero-order valence-corrected chi connectivity index (χ0v) is 12.9. The molecule has 0 radical (unpaired) electrons. The average molecular weight is 346 g/mol. The lowest BCUT2D eigenvalue weighted by Gasteiger charge is -2.16. The molecule has 0 aliphatic rings. The summed E-state index contributed by atoms with van der Waals surface area (Å²) < 4.78 is 13.6. The maximum atomic E-state index is 13.3. The first-order valence-electron chi connectivity index (χ1n) is 6.25. The highest BCUT2D eigenvalue weighted by molar-refractivity contribution is 9.10. The summed E-state index contributed by atoms with van der Waals surface area (Å²) in [7, 11) is 0. The van der Waals surface area contributed by atoms with E-state index >= 15 is 0 Å². The van der Waals surface area contributed by atoms with Crippen molar-refractivity contribution in [1.82, 2.24) is 5.32 Å². The molecule has 0 aliphatic heterocycles. The van der Waals surface area contributed by atoms with E-state index in [0.717, 1.165) is 0 Å². The zero-order valence-electron chi connectivity index (χ0n) is 11.3. The second kappa shape index (κ2) is 7.38. The number of aliphatic carboxylic acids is 1. The number of carbonyl (C=O) groups excluding carboxylic acids is 1. The molecule has 1 rings (SSSR count). The van der Waals surface area contributed by atoms with Crippen molar-refractivity contribution in [3.05, 3.63) is 34.1 Å². The summed E-state index contributed by atoms with van der Waals surface area (Å²) in [6.45, 7) is 3.76. The average Bonchev–Trinajstić information content (AvgIpc) is 2.32. The Bertz CT molecular complexity index is 505. The fourth-order valence-electron chi connectivity index (χ4n) is 1.77. The van der Waals surface area contributed by atoms with Crippen LogP contribution in [0.4, 0.5) is 4.39 Å². The van der Waals surface area contributed by atoms with Crippen LogP contribution in [0.3, 0.4) is 0 Å². The van der Waals surface area contributed by atoms with Gasteiger partial charge in [0.25, 0.3) is 0 Å². The van der Waals surface area contributed by atoms with Crippen molar-refractivity contribution < 1.29 is 19.1 Å². The number of hydrogen-bond acceptors (Lipinski definition) is 2. The van der Waals surface area contributed by atoms with E-state index in [1.54, 1.807) is 6.07 Å². The predicted molar refractivity (Wildman–Crippen MR) is 76.8 cm³/mol. The monoisotopic (exact) mass is 345 g/mol. The molecule has 20 heavy (non-hydrogen) atoms. The SMILES string of the molecule is CC(C)C[C@H](NC(=O)Cc1ccc(Br)c(F)c1)C(=O)O. The van der Waals surface area contributed by atoms with Crippen LogP contribution in [0.15, 0.2) is 22.7 Å². The van der Waals surface area contributed by atoms with E-state index in [0.29, 0.717) is 16.5 Å². The molecule has 4 nitrogen and oxygen atoms in total. The van der Waals surface area contributed by atoms with Crippen LogP contribution in [-0.4, -0.2) is 23.0 Å². The second-order valence-corrected chi connectivity index (χ2v) is 5.87. The molecule has 0 saturated carbocycles. The van der Waals surface area contributed by atoms with Crippen molar-refractivity contribution in [2.75, 3.05) is 0 Å². The molecule has 1 aromatic carbocycles. The Hall–Kier alpha value is -1.43. The molecule has 2 N–H and O–H groups in total. The Morgan fingerprint density at radius 1 is 1.40 bits per heavy atom. The van der Waals surface area contributed by atoms with Gasteiger partial charge >= 0.3 is 5.97 Å². The summed E-state index contributed by atoms with van der Waals surface area (Å²) in [5, 5.41) is 11.5. The van der Waals surface area contributed by atoms with E-state index in [2.05, 4.69) is 21.2 Å². The van der Waals surface area contributed by atoms with Gasteiger partial charge in [0.05, 0.1) is 10.9 Å². The van der Waals surface area contributed by atoms with E-state index in [1.807, 2.05) is 13.8 Å². The third kappa shape index (κ3) is 5.28. The molecule has 1 atom stereocenters. The lowest BCUT2D eigenvalue weighted by Crippen LogP contribution is -2.42. The van der Waals surface area contributed by atoms with Gasteiger partial charge in [-0.1, -0.05) is 19.9 Å². The van der Waals surface area contributed by atoms with Crippen molar-refractivity contribution in [3.8, 4) is 0 Å². The van der Waals surface area contributed by atoms with Crippen molar-refractivity contribution in [2.45, 2.75) is 32.7 Å². The van der Waals surface area contributed by atoms with Crippen LogP contribution < -0.4 is 5.32 Å². The van der Waals surface area contributed by atoms with Crippen LogP contribution in [0.2, 0.25) is 0 Å². The molecule has 0 aliphatic carbocycles. The first-order valence-corrected chi connectivity index (χ1v) is 7.05. The lowest BCUT2D eigenvalue weighted by molar-refractivity contribution is -0.142. The number of carbonyl (C=O) groups is 2. The van der Waals surface area contributed by atoms with E-state index in [1.165, 1.54) is 12.1 Å². The maximum Gasteiger partial charge on any atom is 0.326 e. The molecule has 1 aromatic rings. The van der Waals surface area contributed by atoms with Gasteiger partial charge in [-0.2, -0.15) is 0 Å². The largest absolute Gasteiger partial charge is 0.480 e. The minimum atomic E-state index is -1.06. The number of halogens is 2. The normalized spacial score (nSPS) is 12.2. The van der Waals surface area contributed by atoms with Crippen molar-refractivity contribution in [3.63, 3.8) is 0 Å².